The Morgan fingerprint density at radius 2 is 2.05 bits per heavy atom. The van der Waals surface area contributed by atoms with Crippen LogP contribution in [0, 0.1) is 0 Å². The molecule has 8 heteroatoms. The summed E-state index contributed by atoms with van der Waals surface area (Å²) in [4.78, 5) is 1.91. The Kier molecular flexibility index (Phi) is 6.89. The Morgan fingerprint density at radius 1 is 1.38 bits per heavy atom. The fourth-order valence-electron chi connectivity index (χ4n) is 1.85. The maximum atomic E-state index is 12.3. The van der Waals surface area contributed by atoms with Crippen molar-refractivity contribution in [1.82, 2.24) is 9.62 Å². The molecule has 0 radical (unpaired) electrons. The van der Waals surface area contributed by atoms with Crippen LogP contribution in [0.1, 0.15) is 12.0 Å². The third kappa shape index (κ3) is 5.12. The van der Waals surface area contributed by atoms with Crippen LogP contribution >= 0.6 is 11.6 Å². The average molecular weight is 337 g/mol. The van der Waals surface area contributed by atoms with Crippen molar-refractivity contribution < 1.29 is 18.3 Å². The minimum Gasteiger partial charge on any atom is -0.495 e. The van der Waals surface area contributed by atoms with Crippen molar-refractivity contribution in [2.45, 2.75) is 17.9 Å². The van der Waals surface area contributed by atoms with Crippen molar-refractivity contribution in [3.63, 3.8) is 0 Å². The molecule has 0 bridgehead atoms. The van der Waals surface area contributed by atoms with Gasteiger partial charge in [-0.2, -0.15) is 0 Å². The van der Waals surface area contributed by atoms with E-state index in [0.29, 0.717) is 18.5 Å². The van der Waals surface area contributed by atoms with Gasteiger partial charge < -0.3 is 14.7 Å². The van der Waals surface area contributed by atoms with Crippen LogP contribution in [-0.2, 0) is 16.6 Å². The number of aliphatic hydroxyl groups excluding tert-OH is 1. The number of rotatable bonds is 8. The molecule has 0 aliphatic heterocycles. The Labute approximate surface area is 130 Å². The summed E-state index contributed by atoms with van der Waals surface area (Å²) in [7, 11) is 1.45. The van der Waals surface area contributed by atoms with Crippen molar-refractivity contribution in [1.29, 1.82) is 0 Å². The van der Waals surface area contributed by atoms with Crippen molar-refractivity contribution in [3.05, 3.63) is 22.7 Å². The lowest BCUT2D eigenvalue weighted by Gasteiger charge is -2.15. The topological polar surface area (TPSA) is 78.9 Å². The third-order valence-electron chi connectivity index (χ3n) is 2.83. The smallest absolute Gasteiger partial charge is 0.244 e. The summed E-state index contributed by atoms with van der Waals surface area (Å²) in [6.07, 6.45) is 0.683. The number of hydrogen-bond donors (Lipinski definition) is 2. The molecule has 0 aromatic heterocycles. The molecule has 120 valence electrons. The monoisotopic (exact) mass is 336 g/mol. The van der Waals surface area contributed by atoms with Crippen LogP contribution in [0.25, 0.3) is 0 Å². The summed E-state index contributed by atoms with van der Waals surface area (Å²) in [6.45, 7) is 0.731. The minimum atomic E-state index is -3.75. The first-order chi connectivity index (χ1) is 9.81. The third-order valence-corrected chi connectivity index (χ3v) is 4.52. The van der Waals surface area contributed by atoms with Crippen LogP contribution in [0.2, 0.25) is 5.02 Å². The highest BCUT2D eigenvalue weighted by atomic mass is 35.5. The SMILES string of the molecule is COc1c(CO)cc(Cl)cc1S(=O)(=O)NCCCN(C)C. The first-order valence-corrected chi connectivity index (χ1v) is 8.29. The number of nitrogens with one attached hydrogen (secondary N) is 1. The molecule has 0 saturated heterocycles. The van der Waals surface area contributed by atoms with Crippen LogP contribution in [0.4, 0.5) is 0 Å². The first kappa shape index (κ1) is 18.2. The number of nitrogens with zero attached hydrogens (tertiary/aromatic N) is 1. The van der Waals surface area contributed by atoms with Gasteiger partial charge >= 0.3 is 0 Å². The van der Waals surface area contributed by atoms with Gasteiger partial charge in [0.15, 0.2) is 0 Å². The molecule has 0 unspecified atom stereocenters. The van der Waals surface area contributed by atoms with Crippen molar-refractivity contribution >= 4 is 21.6 Å². The highest BCUT2D eigenvalue weighted by Gasteiger charge is 2.22. The summed E-state index contributed by atoms with van der Waals surface area (Å²) in [5, 5.41) is 9.51. The fraction of sp³-hybridized carbons (Fsp3) is 0.538. The number of benzene rings is 1. The van der Waals surface area contributed by atoms with E-state index in [0.717, 1.165) is 6.54 Å². The van der Waals surface area contributed by atoms with Gasteiger partial charge in [0.2, 0.25) is 10.0 Å². The number of sulfonamides is 1. The quantitative estimate of drug-likeness (QED) is 0.694. The van der Waals surface area contributed by atoms with E-state index in [2.05, 4.69) is 4.72 Å². The maximum Gasteiger partial charge on any atom is 0.244 e. The van der Waals surface area contributed by atoms with Crippen molar-refractivity contribution in [3.8, 4) is 5.75 Å². The minimum absolute atomic E-state index is 0.0635. The molecular weight excluding hydrogens is 316 g/mol. The predicted octanol–water partition coefficient (Wildman–Crippen LogP) is 1.07. The van der Waals surface area contributed by atoms with E-state index in [4.69, 9.17) is 16.3 Å². The normalized spacial score (nSPS) is 11.9. The van der Waals surface area contributed by atoms with Crippen LogP contribution in [0.15, 0.2) is 17.0 Å². The van der Waals surface area contributed by atoms with Gasteiger partial charge in [0.25, 0.3) is 0 Å². The molecule has 0 fully saturated rings. The Balaban J connectivity index is 2.99. The van der Waals surface area contributed by atoms with Gasteiger partial charge in [0.1, 0.15) is 10.6 Å². The highest BCUT2D eigenvalue weighted by molar-refractivity contribution is 7.89. The van der Waals surface area contributed by atoms with Gasteiger partial charge in [-0.15, -0.1) is 0 Å². The van der Waals surface area contributed by atoms with Crippen LogP contribution in [-0.4, -0.2) is 52.7 Å². The second-order valence-corrected chi connectivity index (χ2v) is 6.98. The lowest BCUT2D eigenvalue weighted by Crippen LogP contribution is -2.27. The molecule has 1 aromatic rings. The molecule has 0 saturated carbocycles. The second kappa shape index (κ2) is 7.95. The zero-order chi connectivity index (χ0) is 16.0. The predicted molar refractivity (Wildman–Crippen MR) is 82.3 cm³/mol. The van der Waals surface area contributed by atoms with E-state index < -0.39 is 10.0 Å². The number of hydrogen-bond acceptors (Lipinski definition) is 5. The standard InChI is InChI=1S/C13H21ClN2O4S/c1-16(2)6-4-5-15-21(18,19)12-8-11(14)7-10(9-17)13(12)20-3/h7-8,15,17H,4-6,9H2,1-3H3. The van der Waals surface area contributed by atoms with E-state index >= 15 is 0 Å². The summed E-state index contributed by atoms with van der Waals surface area (Å²) in [5.41, 5.74) is 0.332. The van der Waals surface area contributed by atoms with E-state index in [1.807, 2.05) is 19.0 Å². The fourth-order valence-corrected chi connectivity index (χ4v) is 3.47. The van der Waals surface area contributed by atoms with Crippen LogP contribution < -0.4 is 9.46 Å². The molecule has 6 nitrogen and oxygen atoms in total. The van der Waals surface area contributed by atoms with Gasteiger partial charge in [0.05, 0.1) is 13.7 Å². The average Bonchev–Trinajstić information content (AvgIpc) is 2.42. The zero-order valence-electron chi connectivity index (χ0n) is 12.4. The van der Waals surface area contributed by atoms with Crippen molar-refractivity contribution in [2.24, 2.45) is 0 Å². The van der Waals surface area contributed by atoms with E-state index in [-0.39, 0.29) is 22.3 Å². The first-order valence-electron chi connectivity index (χ1n) is 6.43. The maximum absolute atomic E-state index is 12.3. The molecule has 0 atom stereocenters. The summed E-state index contributed by atoms with van der Waals surface area (Å²) >= 11 is 5.90. The molecule has 0 aliphatic rings. The van der Waals surface area contributed by atoms with Gasteiger partial charge in [0, 0.05) is 17.1 Å². The molecule has 0 spiro atoms. The Hall–Kier alpha value is -0.860. The number of halogens is 1. The molecule has 0 heterocycles. The van der Waals surface area contributed by atoms with E-state index in [1.54, 1.807) is 0 Å². The lowest BCUT2D eigenvalue weighted by molar-refractivity contribution is 0.272. The van der Waals surface area contributed by atoms with Crippen LogP contribution in [0.5, 0.6) is 5.75 Å². The lowest BCUT2D eigenvalue weighted by atomic mass is 10.2. The number of aliphatic hydroxyl groups is 1. The second-order valence-electron chi connectivity index (χ2n) is 4.81. The summed E-state index contributed by atoms with van der Waals surface area (Å²) < 4.78 is 32.3. The zero-order valence-corrected chi connectivity index (χ0v) is 14.0. The molecule has 0 amide bonds. The summed E-state index contributed by atoms with van der Waals surface area (Å²) in [5.74, 6) is 0.113. The van der Waals surface area contributed by atoms with Gasteiger partial charge in [-0.3, -0.25) is 0 Å². The molecule has 2 N–H and O–H groups in total. The number of ether oxygens (including phenoxy) is 1. The Bertz CT molecular complexity index is 576. The van der Waals surface area contributed by atoms with Gasteiger partial charge in [-0.1, -0.05) is 11.6 Å². The highest BCUT2D eigenvalue weighted by Crippen LogP contribution is 2.31. The Morgan fingerprint density at radius 3 is 2.57 bits per heavy atom. The molecular formula is C13H21ClN2O4S. The number of methoxy groups -OCH3 is 1. The molecule has 0 aliphatic carbocycles. The molecule has 21 heavy (non-hydrogen) atoms. The van der Waals surface area contributed by atoms with Crippen molar-refractivity contribution in [2.75, 3.05) is 34.3 Å². The van der Waals surface area contributed by atoms with Gasteiger partial charge in [-0.05, 0) is 39.2 Å². The van der Waals surface area contributed by atoms with E-state index in [1.165, 1.54) is 19.2 Å². The summed E-state index contributed by atoms with van der Waals surface area (Å²) in [6, 6.07) is 2.79. The van der Waals surface area contributed by atoms with E-state index in [9.17, 15) is 13.5 Å². The largest absolute Gasteiger partial charge is 0.495 e. The molecule has 1 rings (SSSR count). The van der Waals surface area contributed by atoms with Crippen LogP contribution in [0.3, 0.4) is 0 Å². The molecule has 1 aromatic carbocycles. The van der Waals surface area contributed by atoms with Gasteiger partial charge in [-0.25, -0.2) is 13.1 Å².